The SMILES string of the molecule is O=C(O)COc1ccc(Cl)cc1C(=O)c1cc(Cl)cc(Cl)c1. The van der Waals surface area contributed by atoms with Gasteiger partial charge in [-0.2, -0.15) is 0 Å². The second-order valence-electron chi connectivity index (χ2n) is 4.31. The Labute approximate surface area is 141 Å². The molecule has 0 atom stereocenters. The van der Waals surface area contributed by atoms with Gasteiger partial charge in [-0.05, 0) is 36.4 Å². The van der Waals surface area contributed by atoms with E-state index in [9.17, 15) is 9.59 Å². The first kappa shape index (κ1) is 16.6. The van der Waals surface area contributed by atoms with Crippen LogP contribution in [0.3, 0.4) is 0 Å². The fourth-order valence-electron chi connectivity index (χ4n) is 1.79. The van der Waals surface area contributed by atoms with Crippen LogP contribution in [0.5, 0.6) is 5.75 Å². The van der Waals surface area contributed by atoms with Gasteiger partial charge in [0.1, 0.15) is 5.75 Å². The Kier molecular flexibility index (Phi) is 5.29. The molecule has 0 unspecified atom stereocenters. The third-order valence-corrected chi connectivity index (χ3v) is 3.33. The summed E-state index contributed by atoms with van der Waals surface area (Å²) in [7, 11) is 0. The van der Waals surface area contributed by atoms with E-state index in [2.05, 4.69) is 0 Å². The van der Waals surface area contributed by atoms with E-state index in [1.54, 1.807) is 0 Å². The molecular formula is C15H9Cl3O4. The molecule has 0 saturated heterocycles. The van der Waals surface area contributed by atoms with Crippen LogP contribution < -0.4 is 4.74 Å². The minimum absolute atomic E-state index is 0.118. The van der Waals surface area contributed by atoms with Crippen molar-refractivity contribution in [1.82, 2.24) is 0 Å². The summed E-state index contributed by atoms with van der Waals surface area (Å²) in [5.41, 5.74) is 0.382. The Morgan fingerprint density at radius 3 is 2.18 bits per heavy atom. The maximum atomic E-state index is 12.6. The lowest BCUT2D eigenvalue weighted by Gasteiger charge is -2.10. The Balaban J connectivity index is 2.43. The maximum Gasteiger partial charge on any atom is 0.341 e. The summed E-state index contributed by atoms with van der Waals surface area (Å²) in [6, 6.07) is 8.75. The van der Waals surface area contributed by atoms with Crippen LogP contribution in [0.15, 0.2) is 36.4 Å². The predicted molar refractivity (Wildman–Crippen MR) is 84.5 cm³/mol. The Hall–Kier alpha value is -1.75. The standard InChI is InChI=1S/C15H9Cl3O4/c16-9-1-2-13(22-7-14(19)20)12(6-9)15(21)8-3-10(17)5-11(18)4-8/h1-6H,7H2,(H,19,20). The normalized spacial score (nSPS) is 10.3. The average molecular weight is 360 g/mol. The number of aliphatic carboxylic acids is 1. The molecule has 1 N–H and O–H groups in total. The van der Waals surface area contributed by atoms with E-state index in [1.807, 2.05) is 0 Å². The minimum Gasteiger partial charge on any atom is -0.481 e. The molecule has 0 saturated carbocycles. The topological polar surface area (TPSA) is 63.6 Å². The van der Waals surface area contributed by atoms with Crippen molar-refractivity contribution in [3.05, 3.63) is 62.6 Å². The molecule has 0 radical (unpaired) electrons. The van der Waals surface area contributed by atoms with Gasteiger partial charge in [-0.15, -0.1) is 0 Å². The molecule has 0 bridgehead atoms. The van der Waals surface area contributed by atoms with Gasteiger partial charge < -0.3 is 9.84 Å². The van der Waals surface area contributed by atoms with Gasteiger partial charge in [0.25, 0.3) is 0 Å². The van der Waals surface area contributed by atoms with E-state index >= 15 is 0 Å². The van der Waals surface area contributed by atoms with E-state index in [4.69, 9.17) is 44.6 Å². The fraction of sp³-hybridized carbons (Fsp3) is 0.0667. The molecule has 7 heteroatoms. The minimum atomic E-state index is -1.15. The number of hydrogen-bond donors (Lipinski definition) is 1. The Bertz CT molecular complexity index is 723. The zero-order valence-corrected chi connectivity index (χ0v) is 13.2. The number of hydrogen-bond acceptors (Lipinski definition) is 3. The van der Waals surface area contributed by atoms with Crippen molar-refractivity contribution in [2.75, 3.05) is 6.61 Å². The lowest BCUT2D eigenvalue weighted by Crippen LogP contribution is -2.12. The summed E-state index contributed by atoms with van der Waals surface area (Å²) in [5.74, 6) is -1.46. The summed E-state index contributed by atoms with van der Waals surface area (Å²) in [4.78, 5) is 23.2. The summed E-state index contributed by atoms with van der Waals surface area (Å²) in [5, 5.41) is 9.62. The lowest BCUT2D eigenvalue weighted by atomic mass is 10.0. The van der Waals surface area contributed by atoms with Gasteiger partial charge in [-0.25, -0.2) is 4.79 Å². The molecule has 0 aliphatic rings. The highest BCUT2D eigenvalue weighted by Gasteiger charge is 2.17. The molecule has 0 fully saturated rings. The average Bonchev–Trinajstić information content (AvgIpc) is 2.44. The molecule has 2 rings (SSSR count). The van der Waals surface area contributed by atoms with Crippen LogP contribution in [-0.2, 0) is 4.79 Å². The molecule has 0 aliphatic carbocycles. The van der Waals surface area contributed by atoms with Crippen LogP contribution >= 0.6 is 34.8 Å². The van der Waals surface area contributed by atoms with E-state index in [0.29, 0.717) is 15.1 Å². The fourth-order valence-corrected chi connectivity index (χ4v) is 2.48. The molecule has 0 amide bonds. The van der Waals surface area contributed by atoms with E-state index in [1.165, 1.54) is 36.4 Å². The number of benzene rings is 2. The molecule has 2 aromatic carbocycles. The first-order valence-electron chi connectivity index (χ1n) is 6.02. The van der Waals surface area contributed by atoms with Gasteiger partial charge in [0.15, 0.2) is 12.4 Å². The van der Waals surface area contributed by atoms with Crippen molar-refractivity contribution in [2.45, 2.75) is 0 Å². The smallest absolute Gasteiger partial charge is 0.341 e. The largest absolute Gasteiger partial charge is 0.481 e. The number of ether oxygens (including phenoxy) is 1. The molecular weight excluding hydrogens is 351 g/mol. The van der Waals surface area contributed by atoms with Crippen LogP contribution in [0.2, 0.25) is 15.1 Å². The quantitative estimate of drug-likeness (QED) is 0.807. The van der Waals surface area contributed by atoms with Gasteiger partial charge in [-0.3, -0.25) is 4.79 Å². The van der Waals surface area contributed by atoms with Crippen molar-refractivity contribution in [3.63, 3.8) is 0 Å². The molecule has 22 heavy (non-hydrogen) atoms. The van der Waals surface area contributed by atoms with Crippen LogP contribution in [-0.4, -0.2) is 23.5 Å². The summed E-state index contributed by atoms with van der Waals surface area (Å²) in [6.45, 7) is -0.571. The highest BCUT2D eigenvalue weighted by Crippen LogP contribution is 2.28. The van der Waals surface area contributed by atoms with Crippen LogP contribution in [0.4, 0.5) is 0 Å². The van der Waals surface area contributed by atoms with Crippen LogP contribution in [0, 0.1) is 0 Å². The van der Waals surface area contributed by atoms with Gasteiger partial charge in [0.05, 0.1) is 5.56 Å². The monoisotopic (exact) mass is 358 g/mol. The zero-order chi connectivity index (χ0) is 16.3. The molecule has 0 spiro atoms. The Morgan fingerprint density at radius 1 is 0.955 bits per heavy atom. The highest BCUT2D eigenvalue weighted by atomic mass is 35.5. The third kappa shape index (κ3) is 4.13. The van der Waals surface area contributed by atoms with Crippen LogP contribution in [0.1, 0.15) is 15.9 Å². The second-order valence-corrected chi connectivity index (χ2v) is 5.62. The highest BCUT2D eigenvalue weighted by molar-refractivity contribution is 6.35. The van der Waals surface area contributed by atoms with Gasteiger partial charge in [-0.1, -0.05) is 34.8 Å². The van der Waals surface area contributed by atoms with Gasteiger partial charge in [0, 0.05) is 20.6 Å². The Morgan fingerprint density at radius 2 is 1.59 bits per heavy atom. The first-order valence-corrected chi connectivity index (χ1v) is 7.15. The number of carbonyl (C=O) groups excluding carboxylic acids is 1. The number of halogens is 3. The summed E-state index contributed by atoms with van der Waals surface area (Å²) < 4.78 is 5.11. The van der Waals surface area contributed by atoms with Crippen molar-refractivity contribution in [1.29, 1.82) is 0 Å². The van der Waals surface area contributed by atoms with Crippen molar-refractivity contribution in [3.8, 4) is 5.75 Å². The van der Waals surface area contributed by atoms with Gasteiger partial charge >= 0.3 is 5.97 Å². The summed E-state index contributed by atoms with van der Waals surface area (Å²) in [6.07, 6.45) is 0. The van der Waals surface area contributed by atoms with Gasteiger partial charge in [0.2, 0.25) is 0 Å². The van der Waals surface area contributed by atoms with E-state index < -0.39 is 18.4 Å². The third-order valence-electron chi connectivity index (χ3n) is 2.66. The molecule has 4 nitrogen and oxygen atoms in total. The molecule has 0 heterocycles. The van der Waals surface area contributed by atoms with Crippen LogP contribution in [0.25, 0.3) is 0 Å². The van der Waals surface area contributed by atoms with E-state index in [0.717, 1.165) is 0 Å². The zero-order valence-electron chi connectivity index (χ0n) is 11.0. The first-order chi connectivity index (χ1) is 10.4. The molecule has 0 aromatic heterocycles. The number of carboxylic acids is 1. The molecule has 0 aliphatic heterocycles. The molecule has 114 valence electrons. The maximum absolute atomic E-state index is 12.6. The second kappa shape index (κ2) is 7.01. The van der Waals surface area contributed by atoms with Crippen molar-refractivity contribution >= 4 is 46.6 Å². The van der Waals surface area contributed by atoms with Crippen molar-refractivity contribution in [2.24, 2.45) is 0 Å². The number of carbonyl (C=O) groups is 2. The number of rotatable bonds is 5. The predicted octanol–water partition coefficient (Wildman–Crippen LogP) is 4.34. The lowest BCUT2D eigenvalue weighted by molar-refractivity contribution is -0.139. The number of carboxylic acid groups (broad SMARTS) is 1. The van der Waals surface area contributed by atoms with E-state index in [-0.39, 0.29) is 16.9 Å². The van der Waals surface area contributed by atoms with Crippen molar-refractivity contribution < 1.29 is 19.4 Å². The summed E-state index contributed by atoms with van der Waals surface area (Å²) >= 11 is 17.7. The number of ketones is 1. The molecule has 2 aromatic rings.